The molecule has 2 aliphatic rings. The van der Waals surface area contributed by atoms with Gasteiger partial charge in [0.05, 0.1) is 7.11 Å². The monoisotopic (exact) mass is 198 g/mol. The van der Waals surface area contributed by atoms with Crippen LogP contribution in [0.2, 0.25) is 0 Å². The van der Waals surface area contributed by atoms with Crippen LogP contribution in [0.1, 0.15) is 12.8 Å². The molecule has 0 aliphatic carbocycles. The van der Waals surface area contributed by atoms with Crippen molar-refractivity contribution in [2.24, 2.45) is 0 Å². The zero-order valence-corrected chi connectivity index (χ0v) is 8.90. The van der Waals surface area contributed by atoms with Crippen LogP contribution < -0.4 is 0 Å². The van der Waals surface area contributed by atoms with Crippen molar-refractivity contribution in [1.82, 2.24) is 9.80 Å². The van der Waals surface area contributed by atoms with Crippen molar-refractivity contribution < 1.29 is 9.53 Å². The van der Waals surface area contributed by atoms with Crippen LogP contribution in [0.25, 0.3) is 0 Å². The van der Waals surface area contributed by atoms with Gasteiger partial charge in [0, 0.05) is 19.1 Å². The van der Waals surface area contributed by atoms with E-state index in [4.69, 9.17) is 4.74 Å². The average Bonchev–Trinajstić information content (AvgIpc) is 2.62. The molecule has 2 fully saturated rings. The Hall–Kier alpha value is -0.610. The van der Waals surface area contributed by atoms with E-state index in [0.717, 1.165) is 19.6 Å². The Balaban J connectivity index is 2.02. The number of nitrogens with zero attached hydrogens (tertiary/aromatic N) is 2. The van der Waals surface area contributed by atoms with Crippen molar-refractivity contribution >= 4 is 5.97 Å². The lowest BCUT2D eigenvalue weighted by Crippen LogP contribution is -2.57. The largest absolute Gasteiger partial charge is 0.468 e. The van der Waals surface area contributed by atoms with E-state index < -0.39 is 0 Å². The number of rotatable bonds is 1. The van der Waals surface area contributed by atoms with Crippen molar-refractivity contribution in [2.75, 3.05) is 33.8 Å². The summed E-state index contributed by atoms with van der Waals surface area (Å²) in [6.45, 7) is 2.99. The number of methoxy groups -OCH3 is 1. The van der Waals surface area contributed by atoms with Gasteiger partial charge in [0.2, 0.25) is 0 Å². The first-order valence-electron chi connectivity index (χ1n) is 5.24. The molecular formula is C10H18N2O2. The fraction of sp³-hybridized carbons (Fsp3) is 0.900. The molecule has 2 saturated heterocycles. The standard InChI is InChI=1S/C10H18N2O2/c1-11-6-8-4-3-5-12(8)7-9(11)10(13)14-2/h8-9H,3-7H2,1-2H3. The molecular weight excluding hydrogens is 180 g/mol. The van der Waals surface area contributed by atoms with Crippen LogP contribution in [0.5, 0.6) is 0 Å². The Morgan fingerprint density at radius 2 is 2.21 bits per heavy atom. The molecule has 0 N–H and O–H groups in total. The number of esters is 1. The van der Waals surface area contributed by atoms with Crippen LogP contribution in [0.15, 0.2) is 0 Å². The van der Waals surface area contributed by atoms with Gasteiger partial charge in [0.1, 0.15) is 6.04 Å². The number of carbonyl (C=O) groups excluding carboxylic acids is 1. The first-order valence-corrected chi connectivity index (χ1v) is 5.24. The van der Waals surface area contributed by atoms with Crippen LogP contribution in [-0.4, -0.2) is 61.6 Å². The normalized spacial score (nSPS) is 34.1. The van der Waals surface area contributed by atoms with Crippen molar-refractivity contribution in [1.29, 1.82) is 0 Å². The summed E-state index contributed by atoms with van der Waals surface area (Å²) in [5, 5.41) is 0. The summed E-state index contributed by atoms with van der Waals surface area (Å²) in [5.41, 5.74) is 0. The first kappa shape index (κ1) is 9.93. The highest BCUT2D eigenvalue weighted by atomic mass is 16.5. The number of carbonyl (C=O) groups is 1. The maximum absolute atomic E-state index is 11.5. The minimum Gasteiger partial charge on any atom is -0.468 e. The molecule has 4 nitrogen and oxygen atoms in total. The smallest absolute Gasteiger partial charge is 0.324 e. The molecule has 0 aromatic carbocycles. The number of hydrogen-bond donors (Lipinski definition) is 0. The maximum atomic E-state index is 11.5. The molecule has 0 aromatic rings. The lowest BCUT2D eigenvalue weighted by atomic mass is 10.1. The minimum absolute atomic E-state index is 0.0608. The number of fused-ring (bicyclic) bond motifs is 1. The predicted molar refractivity (Wildman–Crippen MR) is 53.0 cm³/mol. The fourth-order valence-corrected chi connectivity index (χ4v) is 2.55. The molecule has 2 heterocycles. The van der Waals surface area contributed by atoms with E-state index >= 15 is 0 Å². The summed E-state index contributed by atoms with van der Waals surface area (Å²) in [6.07, 6.45) is 2.55. The van der Waals surface area contributed by atoms with Crippen molar-refractivity contribution in [3.63, 3.8) is 0 Å². The van der Waals surface area contributed by atoms with Gasteiger partial charge in [-0.05, 0) is 26.4 Å². The molecule has 0 bridgehead atoms. The lowest BCUT2D eigenvalue weighted by molar-refractivity contribution is -0.149. The Labute approximate surface area is 84.8 Å². The molecule has 14 heavy (non-hydrogen) atoms. The quantitative estimate of drug-likeness (QED) is 0.553. The van der Waals surface area contributed by atoms with E-state index in [1.807, 2.05) is 7.05 Å². The zero-order valence-electron chi connectivity index (χ0n) is 8.90. The third-order valence-corrected chi connectivity index (χ3v) is 3.41. The summed E-state index contributed by atoms with van der Waals surface area (Å²) in [6, 6.07) is 0.607. The van der Waals surface area contributed by atoms with Gasteiger partial charge in [-0.3, -0.25) is 14.6 Å². The summed E-state index contributed by atoms with van der Waals surface area (Å²) in [4.78, 5) is 16.0. The Morgan fingerprint density at radius 1 is 1.43 bits per heavy atom. The average molecular weight is 198 g/mol. The zero-order chi connectivity index (χ0) is 10.1. The van der Waals surface area contributed by atoms with Gasteiger partial charge in [-0.15, -0.1) is 0 Å². The molecule has 0 radical (unpaired) electrons. The van der Waals surface area contributed by atoms with E-state index in [0.29, 0.717) is 6.04 Å². The van der Waals surface area contributed by atoms with Gasteiger partial charge in [-0.1, -0.05) is 0 Å². The highest BCUT2D eigenvalue weighted by Gasteiger charge is 2.38. The second-order valence-corrected chi connectivity index (χ2v) is 4.27. The topological polar surface area (TPSA) is 32.8 Å². The number of hydrogen-bond acceptors (Lipinski definition) is 4. The van der Waals surface area contributed by atoms with Crippen LogP contribution in [0, 0.1) is 0 Å². The predicted octanol–water partition coefficient (Wildman–Crippen LogP) is -0.0622. The molecule has 2 unspecified atom stereocenters. The van der Waals surface area contributed by atoms with Gasteiger partial charge >= 0.3 is 5.97 Å². The molecule has 4 heteroatoms. The number of likely N-dealkylation sites (N-methyl/N-ethyl adjacent to an activating group) is 1. The van der Waals surface area contributed by atoms with Gasteiger partial charge in [-0.25, -0.2) is 0 Å². The van der Waals surface area contributed by atoms with Crippen molar-refractivity contribution in [2.45, 2.75) is 24.9 Å². The lowest BCUT2D eigenvalue weighted by Gasteiger charge is -2.40. The molecule has 2 atom stereocenters. The molecule has 0 aromatic heterocycles. The summed E-state index contributed by atoms with van der Waals surface area (Å²) < 4.78 is 4.80. The molecule has 0 spiro atoms. The van der Waals surface area contributed by atoms with E-state index in [1.54, 1.807) is 0 Å². The minimum atomic E-state index is -0.0992. The molecule has 0 amide bonds. The summed E-state index contributed by atoms with van der Waals surface area (Å²) >= 11 is 0. The highest BCUT2D eigenvalue weighted by Crippen LogP contribution is 2.23. The summed E-state index contributed by atoms with van der Waals surface area (Å²) in [5.74, 6) is -0.0992. The van der Waals surface area contributed by atoms with Crippen LogP contribution in [0.3, 0.4) is 0 Å². The van der Waals surface area contributed by atoms with Crippen molar-refractivity contribution in [3.05, 3.63) is 0 Å². The first-order chi connectivity index (χ1) is 6.72. The highest BCUT2D eigenvalue weighted by molar-refractivity contribution is 5.76. The molecule has 2 aliphatic heterocycles. The Kier molecular flexibility index (Phi) is 2.74. The Bertz CT molecular complexity index is 232. The number of piperazine rings is 1. The third-order valence-electron chi connectivity index (χ3n) is 3.41. The van der Waals surface area contributed by atoms with Crippen LogP contribution in [-0.2, 0) is 9.53 Å². The van der Waals surface area contributed by atoms with Gasteiger partial charge in [0.15, 0.2) is 0 Å². The molecule has 0 saturated carbocycles. The Morgan fingerprint density at radius 3 is 2.93 bits per heavy atom. The SMILES string of the molecule is COC(=O)C1CN2CCCC2CN1C. The summed E-state index contributed by atoms with van der Waals surface area (Å²) in [7, 11) is 3.48. The van der Waals surface area contributed by atoms with E-state index in [-0.39, 0.29) is 12.0 Å². The maximum Gasteiger partial charge on any atom is 0.324 e. The van der Waals surface area contributed by atoms with Crippen LogP contribution >= 0.6 is 0 Å². The second-order valence-electron chi connectivity index (χ2n) is 4.27. The number of ether oxygens (including phenoxy) is 1. The van der Waals surface area contributed by atoms with E-state index in [1.165, 1.54) is 20.0 Å². The fourth-order valence-electron chi connectivity index (χ4n) is 2.55. The van der Waals surface area contributed by atoms with Crippen molar-refractivity contribution in [3.8, 4) is 0 Å². The van der Waals surface area contributed by atoms with E-state index in [2.05, 4.69) is 9.80 Å². The van der Waals surface area contributed by atoms with Gasteiger partial charge in [0.25, 0.3) is 0 Å². The van der Waals surface area contributed by atoms with Gasteiger partial charge in [-0.2, -0.15) is 0 Å². The third kappa shape index (κ3) is 1.64. The molecule has 2 rings (SSSR count). The van der Waals surface area contributed by atoms with Crippen LogP contribution in [0.4, 0.5) is 0 Å². The second kappa shape index (κ2) is 3.87. The van der Waals surface area contributed by atoms with Gasteiger partial charge < -0.3 is 4.74 Å². The van der Waals surface area contributed by atoms with E-state index in [9.17, 15) is 4.79 Å². The molecule has 80 valence electrons.